The number of aryl methyl sites for hydroxylation is 2. The zero-order valence-corrected chi connectivity index (χ0v) is 9.66. The molecule has 1 aliphatic heterocycles. The van der Waals surface area contributed by atoms with E-state index in [-0.39, 0.29) is 11.6 Å². The maximum Gasteiger partial charge on any atom is 0.0731 e. The van der Waals surface area contributed by atoms with Crippen LogP contribution in [0.25, 0.3) is 0 Å². The van der Waals surface area contributed by atoms with Crippen LogP contribution >= 0.6 is 0 Å². The molecule has 2 atom stereocenters. The standard InChI is InChI=1S/C11H19N3O/c1-8-6-10(14(3)13-8)7-11(12)4-5-15-9(11)2/h6,9H,4-5,7,12H2,1-3H3. The summed E-state index contributed by atoms with van der Waals surface area (Å²) in [6, 6.07) is 2.10. The average Bonchev–Trinajstić information content (AvgIpc) is 2.60. The fourth-order valence-electron chi connectivity index (χ4n) is 2.19. The van der Waals surface area contributed by atoms with Crippen molar-refractivity contribution in [1.29, 1.82) is 0 Å². The molecule has 4 nitrogen and oxygen atoms in total. The van der Waals surface area contributed by atoms with Crippen LogP contribution in [0.5, 0.6) is 0 Å². The Labute approximate surface area is 90.4 Å². The highest BCUT2D eigenvalue weighted by molar-refractivity contribution is 5.14. The SMILES string of the molecule is Cc1cc(CC2(N)CCOC2C)n(C)n1. The Balaban J connectivity index is 2.17. The molecule has 2 rings (SSSR count). The number of hydrogen-bond acceptors (Lipinski definition) is 3. The second-order valence-electron chi connectivity index (χ2n) is 4.57. The van der Waals surface area contributed by atoms with Gasteiger partial charge in [-0.05, 0) is 26.3 Å². The third-order valence-electron chi connectivity index (χ3n) is 3.35. The normalized spacial score (nSPS) is 31.1. The van der Waals surface area contributed by atoms with Gasteiger partial charge in [-0.3, -0.25) is 4.68 Å². The second kappa shape index (κ2) is 3.61. The minimum Gasteiger partial charge on any atom is -0.377 e. The zero-order chi connectivity index (χ0) is 11.1. The molecule has 2 unspecified atom stereocenters. The predicted molar refractivity (Wildman–Crippen MR) is 58.6 cm³/mol. The van der Waals surface area contributed by atoms with Crippen LogP contribution in [0.15, 0.2) is 6.07 Å². The van der Waals surface area contributed by atoms with Crippen molar-refractivity contribution in [1.82, 2.24) is 9.78 Å². The average molecular weight is 209 g/mol. The van der Waals surface area contributed by atoms with Crippen LogP contribution in [-0.2, 0) is 18.2 Å². The van der Waals surface area contributed by atoms with Gasteiger partial charge in [0.15, 0.2) is 0 Å². The number of nitrogens with two attached hydrogens (primary N) is 1. The summed E-state index contributed by atoms with van der Waals surface area (Å²) in [6.07, 6.45) is 1.90. The Kier molecular flexibility index (Phi) is 2.56. The van der Waals surface area contributed by atoms with Crippen LogP contribution in [0, 0.1) is 6.92 Å². The molecule has 0 aliphatic carbocycles. The van der Waals surface area contributed by atoms with Gasteiger partial charge in [-0.2, -0.15) is 5.10 Å². The fourth-order valence-corrected chi connectivity index (χ4v) is 2.19. The Morgan fingerprint density at radius 2 is 2.47 bits per heavy atom. The molecule has 2 N–H and O–H groups in total. The molecule has 4 heteroatoms. The van der Waals surface area contributed by atoms with Crippen molar-refractivity contribution in [2.75, 3.05) is 6.61 Å². The van der Waals surface area contributed by atoms with E-state index < -0.39 is 0 Å². The van der Waals surface area contributed by atoms with E-state index >= 15 is 0 Å². The lowest BCUT2D eigenvalue weighted by molar-refractivity contribution is 0.0950. The first kappa shape index (κ1) is 10.6. The maximum absolute atomic E-state index is 6.35. The summed E-state index contributed by atoms with van der Waals surface area (Å²) in [7, 11) is 1.96. The zero-order valence-electron chi connectivity index (χ0n) is 9.66. The monoisotopic (exact) mass is 209 g/mol. The molecule has 2 heterocycles. The number of rotatable bonds is 2. The third kappa shape index (κ3) is 1.92. The van der Waals surface area contributed by atoms with E-state index in [2.05, 4.69) is 18.1 Å². The smallest absolute Gasteiger partial charge is 0.0731 e. The van der Waals surface area contributed by atoms with Crippen LogP contribution in [0.4, 0.5) is 0 Å². The van der Waals surface area contributed by atoms with Crippen molar-refractivity contribution >= 4 is 0 Å². The molecule has 0 saturated carbocycles. The molecule has 0 amide bonds. The number of ether oxygens (including phenoxy) is 1. The van der Waals surface area contributed by atoms with Crippen molar-refractivity contribution in [3.05, 3.63) is 17.5 Å². The molecule has 84 valence electrons. The molecule has 0 radical (unpaired) electrons. The Bertz CT molecular complexity index is 361. The highest BCUT2D eigenvalue weighted by Gasteiger charge is 2.38. The molecule has 1 aromatic rings. The van der Waals surface area contributed by atoms with Crippen LogP contribution in [-0.4, -0.2) is 28.0 Å². The summed E-state index contributed by atoms with van der Waals surface area (Å²) < 4.78 is 7.44. The lowest BCUT2D eigenvalue weighted by atomic mass is 9.88. The van der Waals surface area contributed by atoms with Gasteiger partial charge < -0.3 is 10.5 Å². The first-order valence-corrected chi connectivity index (χ1v) is 5.41. The van der Waals surface area contributed by atoms with Gasteiger partial charge in [-0.15, -0.1) is 0 Å². The van der Waals surface area contributed by atoms with Gasteiger partial charge in [-0.1, -0.05) is 0 Å². The summed E-state index contributed by atoms with van der Waals surface area (Å²) in [6.45, 7) is 4.83. The highest BCUT2D eigenvalue weighted by atomic mass is 16.5. The summed E-state index contributed by atoms with van der Waals surface area (Å²) in [4.78, 5) is 0. The molecule has 0 spiro atoms. The Morgan fingerprint density at radius 1 is 1.73 bits per heavy atom. The molecular weight excluding hydrogens is 190 g/mol. The third-order valence-corrected chi connectivity index (χ3v) is 3.35. The van der Waals surface area contributed by atoms with E-state index in [1.807, 2.05) is 18.7 Å². The summed E-state index contributed by atoms with van der Waals surface area (Å²) in [5.74, 6) is 0. The molecule has 1 aromatic heterocycles. The molecule has 15 heavy (non-hydrogen) atoms. The van der Waals surface area contributed by atoms with E-state index in [1.54, 1.807) is 0 Å². The largest absolute Gasteiger partial charge is 0.377 e. The molecular formula is C11H19N3O. The van der Waals surface area contributed by atoms with Gasteiger partial charge in [0.1, 0.15) is 0 Å². The van der Waals surface area contributed by atoms with E-state index in [0.717, 1.165) is 25.1 Å². The molecule has 0 aromatic carbocycles. The van der Waals surface area contributed by atoms with Crippen molar-refractivity contribution in [2.45, 2.75) is 38.3 Å². The second-order valence-corrected chi connectivity index (χ2v) is 4.57. The van der Waals surface area contributed by atoms with Crippen molar-refractivity contribution in [3.8, 4) is 0 Å². The van der Waals surface area contributed by atoms with E-state index in [0.29, 0.717) is 0 Å². The number of aromatic nitrogens is 2. The van der Waals surface area contributed by atoms with Crippen LogP contribution < -0.4 is 5.73 Å². The first-order chi connectivity index (χ1) is 7.01. The van der Waals surface area contributed by atoms with Crippen molar-refractivity contribution < 1.29 is 4.74 Å². The van der Waals surface area contributed by atoms with Gasteiger partial charge >= 0.3 is 0 Å². The molecule has 1 saturated heterocycles. The maximum atomic E-state index is 6.35. The van der Waals surface area contributed by atoms with Gasteiger partial charge in [-0.25, -0.2) is 0 Å². The summed E-state index contributed by atoms with van der Waals surface area (Å²) >= 11 is 0. The summed E-state index contributed by atoms with van der Waals surface area (Å²) in [5.41, 5.74) is 8.36. The highest BCUT2D eigenvalue weighted by Crippen LogP contribution is 2.27. The Morgan fingerprint density at radius 3 is 2.93 bits per heavy atom. The van der Waals surface area contributed by atoms with Crippen molar-refractivity contribution in [2.24, 2.45) is 12.8 Å². The van der Waals surface area contributed by atoms with E-state index in [1.165, 1.54) is 5.69 Å². The quantitative estimate of drug-likeness (QED) is 0.783. The molecule has 0 bridgehead atoms. The minimum atomic E-state index is -0.222. The molecule has 1 aliphatic rings. The van der Waals surface area contributed by atoms with Gasteiger partial charge in [0.2, 0.25) is 0 Å². The van der Waals surface area contributed by atoms with Crippen LogP contribution in [0.3, 0.4) is 0 Å². The number of nitrogens with zero attached hydrogens (tertiary/aromatic N) is 2. The van der Waals surface area contributed by atoms with Crippen molar-refractivity contribution in [3.63, 3.8) is 0 Å². The Hall–Kier alpha value is -0.870. The van der Waals surface area contributed by atoms with Gasteiger partial charge in [0.25, 0.3) is 0 Å². The van der Waals surface area contributed by atoms with Gasteiger partial charge in [0, 0.05) is 31.3 Å². The topological polar surface area (TPSA) is 53.1 Å². The van der Waals surface area contributed by atoms with E-state index in [4.69, 9.17) is 10.5 Å². The van der Waals surface area contributed by atoms with Crippen LogP contribution in [0.1, 0.15) is 24.7 Å². The van der Waals surface area contributed by atoms with Gasteiger partial charge in [0.05, 0.1) is 11.8 Å². The predicted octanol–water partition coefficient (Wildman–Crippen LogP) is 0.777. The molecule has 1 fully saturated rings. The summed E-state index contributed by atoms with van der Waals surface area (Å²) in [5, 5.41) is 4.33. The van der Waals surface area contributed by atoms with E-state index in [9.17, 15) is 0 Å². The first-order valence-electron chi connectivity index (χ1n) is 5.41. The van der Waals surface area contributed by atoms with Crippen LogP contribution in [0.2, 0.25) is 0 Å². The minimum absolute atomic E-state index is 0.132. The lowest BCUT2D eigenvalue weighted by Crippen LogP contribution is -2.48. The lowest BCUT2D eigenvalue weighted by Gasteiger charge is -2.27. The number of hydrogen-bond donors (Lipinski definition) is 1. The fraction of sp³-hybridized carbons (Fsp3) is 0.727.